The van der Waals surface area contributed by atoms with Crippen LogP contribution in [0, 0.1) is 0 Å². The minimum Gasteiger partial charge on any atom is -0.491 e. The number of hydrogen-bond acceptors (Lipinski definition) is 6. The van der Waals surface area contributed by atoms with E-state index in [4.69, 9.17) is 15.1 Å². The maximum Gasteiger partial charge on any atom is 0.243 e. The highest BCUT2D eigenvalue weighted by molar-refractivity contribution is 9.11. The van der Waals surface area contributed by atoms with Crippen molar-refractivity contribution in [1.29, 1.82) is 0 Å². The van der Waals surface area contributed by atoms with E-state index in [2.05, 4.69) is 15.9 Å². The maximum atomic E-state index is 12.9. The summed E-state index contributed by atoms with van der Waals surface area (Å²) in [6.45, 7) is 0.637. The third-order valence-electron chi connectivity index (χ3n) is 4.17. The third-order valence-corrected chi connectivity index (χ3v) is 5.78. The number of nitrogens with one attached hydrogen (secondary N) is 1. The Hall–Kier alpha value is -1.94. The molecule has 1 aromatic heterocycles. The number of benzene rings is 1. The molecule has 0 fully saturated rings. The SMILES string of the molecule is O=C(CCCCCC(=O)N(Cc1ccc(Br)s1)c1ccc(OCCO)cc1)NO. The highest BCUT2D eigenvalue weighted by Crippen LogP contribution is 2.27. The Kier molecular flexibility index (Phi) is 10.1. The van der Waals surface area contributed by atoms with Crippen molar-refractivity contribution < 1.29 is 24.6 Å². The number of hydrogen-bond donors (Lipinski definition) is 3. The van der Waals surface area contributed by atoms with Gasteiger partial charge in [0, 0.05) is 23.4 Å². The Morgan fingerprint density at radius 3 is 2.41 bits per heavy atom. The van der Waals surface area contributed by atoms with Crippen LogP contribution < -0.4 is 15.1 Å². The van der Waals surface area contributed by atoms with Crippen molar-refractivity contribution in [3.63, 3.8) is 0 Å². The standard InChI is InChI=1S/C20H25BrN2O5S/c21-18-11-10-17(29-18)14-23(15-6-8-16(9-7-15)28-13-12-24)20(26)5-3-1-2-4-19(25)22-27/h6-11,24,27H,1-5,12-14H2,(H,22,25). The Morgan fingerprint density at radius 2 is 1.79 bits per heavy atom. The van der Waals surface area contributed by atoms with Crippen molar-refractivity contribution in [3.8, 4) is 5.75 Å². The zero-order valence-corrected chi connectivity index (χ0v) is 18.4. The van der Waals surface area contributed by atoms with Gasteiger partial charge in [0.2, 0.25) is 11.8 Å². The number of aliphatic hydroxyl groups excluding tert-OH is 1. The van der Waals surface area contributed by atoms with Gasteiger partial charge in [0.15, 0.2) is 0 Å². The van der Waals surface area contributed by atoms with Gasteiger partial charge < -0.3 is 14.7 Å². The lowest BCUT2D eigenvalue weighted by Crippen LogP contribution is -2.29. The fourth-order valence-corrected chi connectivity index (χ4v) is 4.20. The summed E-state index contributed by atoms with van der Waals surface area (Å²) in [5.74, 6) is 0.228. The molecule has 2 amide bonds. The van der Waals surface area contributed by atoms with Crippen molar-refractivity contribution in [2.45, 2.75) is 38.6 Å². The number of thiophene rings is 1. The number of rotatable bonds is 12. The number of hydroxylamine groups is 1. The van der Waals surface area contributed by atoms with E-state index < -0.39 is 5.91 Å². The molecule has 7 nitrogen and oxygen atoms in total. The monoisotopic (exact) mass is 484 g/mol. The summed E-state index contributed by atoms with van der Waals surface area (Å²) < 4.78 is 6.39. The van der Waals surface area contributed by atoms with Crippen molar-refractivity contribution in [3.05, 3.63) is 45.1 Å². The molecular formula is C20H25BrN2O5S. The van der Waals surface area contributed by atoms with Gasteiger partial charge in [-0.05, 0) is 65.2 Å². The second kappa shape index (κ2) is 12.6. The number of amides is 2. The molecule has 0 spiro atoms. The van der Waals surface area contributed by atoms with Crippen molar-refractivity contribution >= 4 is 44.8 Å². The van der Waals surface area contributed by atoms with Gasteiger partial charge in [-0.25, -0.2) is 5.48 Å². The first-order chi connectivity index (χ1) is 14.0. The van der Waals surface area contributed by atoms with E-state index in [1.54, 1.807) is 33.8 Å². The summed E-state index contributed by atoms with van der Waals surface area (Å²) >= 11 is 5.04. The van der Waals surface area contributed by atoms with Crippen LogP contribution in [0.1, 0.15) is 37.0 Å². The molecule has 0 saturated carbocycles. The number of anilines is 1. The number of nitrogens with zero attached hydrogens (tertiary/aromatic N) is 1. The molecule has 0 unspecified atom stereocenters. The van der Waals surface area contributed by atoms with E-state index in [-0.39, 0.29) is 25.5 Å². The number of aliphatic hydroxyl groups is 1. The molecule has 2 rings (SSSR count). The van der Waals surface area contributed by atoms with Crippen LogP contribution in [0.3, 0.4) is 0 Å². The van der Waals surface area contributed by atoms with Gasteiger partial charge >= 0.3 is 0 Å². The van der Waals surface area contributed by atoms with Gasteiger partial charge in [-0.1, -0.05) is 6.42 Å². The summed E-state index contributed by atoms with van der Waals surface area (Å²) in [5, 5.41) is 17.4. The summed E-state index contributed by atoms with van der Waals surface area (Å²) in [6.07, 6.45) is 2.63. The highest BCUT2D eigenvalue weighted by Gasteiger charge is 2.17. The number of ether oxygens (including phenoxy) is 1. The Bertz CT molecular complexity index is 781. The predicted molar refractivity (Wildman–Crippen MR) is 115 cm³/mol. The molecule has 0 atom stereocenters. The molecular weight excluding hydrogens is 460 g/mol. The number of halogens is 1. The molecule has 0 radical (unpaired) electrons. The largest absolute Gasteiger partial charge is 0.491 e. The first-order valence-corrected chi connectivity index (χ1v) is 11.0. The molecule has 1 heterocycles. The van der Waals surface area contributed by atoms with E-state index >= 15 is 0 Å². The lowest BCUT2D eigenvalue weighted by atomic mass is 10.1. The highest BCUT2D eigenvalue weighted by atomic mass is 79.9. The molecule has 0 saturated heterocycles. The second-order valence-corrected chi connectivity index (χ2v) is 8.89. The van der Waals surface area contributed by atoms with Gasteiger partial charge in [0.05, 0.1) is 16.9 Å². The molecule has 29 heavy (non-hydrogen) atoms. The maximum absolute atomic E-state index is 12.9. The van der Waals surface area contributed by atoms with Gasteiger partial charge in [0.25, 0.3) is 0 Å². The molecule has 158 valence electrons. The van der Waals surface area contributed by atoms with Crippen LogP contribution in [0.15, 0.2) is 40.2 Å². The van der Waals surface area contributed by atoms with Crippen molar-refractivity contribution in [1.82, 2.24) is 5.48 Å². The molecule has 0 bridgehead atoms. The minimum atomic E-state index is -0.412. The Morgan fingerprint density at radius 1 is 1.07 bits per heavy atom. The minimum absolute atomic E-state index is 0.00478. The van der Waals surface area contributed by atoms with Gasteiger partial charge in [-0.15, -0.1) is 11.3 Å². The van der Waals surface area contributed by atoms with Crippen LogP contribution in [0.25, 0.3) is 0 Å². The van der Waals surface area contributed by atoms with E-state index in [1.807, 2.05) is 24.3 Å². The summed E-state index contributed by atoms with van der Waals surface area (Å²) in [6, 6.07) is 11.2. The lowest BCUT2D eigenvalue weighted by molar-refractivity contribution is -0.129. The zero-order valence-electron chi connectivity index (χ0n) is 16.0. The molecule has 1 aromatic carbocycles. The smallest absolute Gasteiger partial charge is 0.243 e. The van der Waals surface area contributed by atoms with Crippen LogP contribution in [0.5, 0.6) is 5.75 Å². The van der Waals surface area contributed by atoms with Crippen molar-refractivity contribution in [2.24, 2.45) is 0 Å². The fourth-order valence-electron chi connectivity index (χ4n) is 2.73. The number of carbonyl (C=O) groups excluding carboxylic acids is 2. The van der Waals surface area contributed by atoms with E-state index in [0.29, 0.717) is 31.6 Å². The number of unbranched alkanes of at least 4 members (excludes halogenated alkanes) is 2. The third kappa shape index (κ3) is 8.14. The van der Waals surface area contributed by atoms with Gasteiger partial charge in [-0.2, -0.15) is 0 Å². The molecule has 0 aliphatic rings. The average molecular weight is 485 g/mol. The summed E-state index contributed by atoms with van der Waals surface area (Å²) in [7, 11) is 0. The molecule has 3 N–H and O–H groups in total. The topological polar surface area (TPSA) is 99.1 Å². The van der Waals surface area contributed by atoms with Crippen LogP contribution in [-0.4, -0.2) is 35.3 Å². The van der Waals surface area contributed by atoms with Gasteiger partial charge in [-0.3, -0.25) is 14.8 Å². The average Bonchev–Trinajstić information content (AvgIpc) is 3.15. The fraction of sp³-hybridized carbons (Fsp3) is 0.400. The van der Waals surface area contributed by atoms with Crippen LogP contribution in [0.2, 0.25) is 0 Å². The van der Waals surface area contributed by atoms with Crippen molar-refractivity contribution in [2.75, 3.05) is 18.1 Å². The lowest BCUT2D eigenvalue weighted by Gasteiger charge is -2.23. The molecule has 2 aromatic rings. The molecule has 0 aliphatic carbocycles. The Labute approximate surface area is 182 Å². The summed E-state index contributed by atoms with van der Waals surface area (Å²) in [4.78, 5) is 26.7. The normalized spacial score (nSPS) is 10.6. The summed E-state index contributed by atoms with van der Waals surface area (Å²) in [5.41, 5.74) is 2.38. The first-order valence-electron chi connectivity index (χ1n) is 9.34. The zero-order chi connectivity index (χ0) is 21.1. The second-order valence-electron chi connectivity index (χ2n) is 6.35. The quantitative estimate of drug-likeness (QED) is 0.241. The molecule has 0 aliphatic heterocycles. The van der Waals surface area contributed by atoms with E-state index in [1.165, 1.54) is 0 Å². The van der Waals surface area contributed by atoms with Gasteiger partial charge in [0.1, 0.15) is 12.4 Å². The van der Waals surface area contributed by atoms with Crippen LogP contribution >= 0.6 is 27.3 Å². The van der Waals surface area contributed by atoms with E-state index in [9.17, 15) is 9.59 Å². The Balaban J connectivity index is 2.00. The van der Waals surface area contributed by atoms with Crippen LogP contribution in [0.4, 0.5) is 5.69 Å². The first kappa shape index (κ1) is 23.3. The van der Waals surface area contributed by atoms with Crippen LogP contribution in [-0.2, 0) is 16.1 Å². The predicted octanol–water partition coefficient (Wildman–Crippen LogP) is 3.87. The van der Waals surface area contributed by atoms with E-state index in [0.717, 1.165) is 20.8 Å². The number of carbonyl (C=O) groups is 2. The molecule has 9 heteroatoms.